The Morgan fingerprint density at radius 1 is 1.52 bits per heavy atom. The van der Waals surface area contributed by atoms with Gasteiger partial charge in [-0.2, -0.15) is 0 Å². The number of carbonyl (C=O) groups excluding carboxylic acids is 1. The number of nitro benzene ring substituents is 1. The van der Waals surface area contributed by atoms with Crippen molar-refractivity contribution in [2.24, 2.45) is 0 Å². The summed E-state index contributed by atoms with van der Waals surface area (Å²) in [6.45, 7) is 1.37. The number of methoxy groups -OCH3 is 1. The number of ether oxygens (including phenoxy) is 1. The molecule has 1 aliphatic heterocycles. The molecule has 1 aromatic rings. The molecule has 0 fully saturated rings. The van der Waals surface area contributed by atoms with Crippen molar-refractivity contribution in [3.05, 3.63) is 45.5 Å². The molecule has 0 aliphatic carbocycles. The first kappa shape index (κ1) is 15.0. The first-order chi connectivity index (χ1) is 10.0. The van der Waals surface area contributed by atoms with Crippen LogP contribution in [-0.4, -0.2) is 47.6 Å². The first-order valence-electron chi connectivity index (χ1n) is 6.46. The van der Waals surface area contributed by atoms with Gasteiger partial charge in [0.1, 0.15) is 11.3 Å². The number of amides is 1. The summed E-state index contributed by atoms with van der Waals surface area (Å²) in [5, 5.41) is 20.4. The molecule has 7 nitrogen and oxygen atoms in total. The number of nitro groups is 1. The summed E-state index contributed by atoms with van der Waals surface area (Å²) >= 11 is 0. The number of hydrogen-bond donors (Lipinski definition) is 1. The molecule has 1 amide bonds. The Kier molecular flexibility index (Phi) is 4.54. The standard InChI is InChI=1S/C14H16N2O5/c1-21-9-10-4-6-15(7-5-10)14(18)12-8-11(17)2-3-13(12)16(19)20/h2-4,8,17H,5-7,9H2,1H3. The zero-order valence-electron chi connectivity index (χ0n) is 11.6. The lowest BCUT2D eigenvalue weighted by molar-refractivity contribution is -0.385. The van der Waals surface area contributed by atoms with Gasteiger partial charge < -0.3 is 14.7 Å². The predicted molar refractivity (Wildman–Crippen MR) is 75.2 cm³/mol. The van der Waals surface area contributed by atoms with Gasteiger partial charge in [-0.1, -0.05) is 6.08 Å². The Morgan fingerprint density at radius 2 is 2.29 bits per heavy atom. The SMILES string of the molecule is COCC1=CCN(C(=O)c2cc(O)ccc2[N+](=O)[O-])CC1. The van der Waals surface area contributed by atoms with E-state index >= 15 is 0 Å². The van der Waals surface area contributed by atoms with Crippen molar-refractivity contribution >= 4 is 11.6 Å². The summed E-state index contributed by atoms with van der Waals surface area (Å²) in [6, 6.07) is 3.47. The maximum Gasteiger partial charge on any atom is 0.282 e. The minimum absolute atomic E-state index is 0.0939. The smallest absolute Gasteiger partial charge is 0.282 e. The molecule has 1 heterocycles. The summed E-state index contributed by atoms with van der Waals surface area (Å²) < 4.78 is 5.03. The van der Waals surface area contributed by atoms with Crippen LogP contribution < -0.4 is 0 Å². The molecule has 1 aliphatic rings. The Morgan fingerprint density at radius 3 is 2.86 bits per heavy atom. The topological polar surface area (TPSA) is 92.9 Å². The average Bonchev–Trinajstić information content (AvgIpc) is 2.47. The Hall–Kier alpha value is -2.41. The van der Waals surface area contributed by atoms with Crippen LogP contribution in [0.2, 0.25) is 0 Å². The van der Waals surface area contributed by atoms with Crippen LogP contribution in [0.5, 0.6) is 5.75 Å². The molecule has 0 radical (unpaired) electrons. The summed E-state index contributed by atoms with van der Waals surface area (Å²) in [4.78, 5) is 24.3. The quantitative estimate of drug-likeness (QED) is 0.518. The van der Waals surface area contributed by atoms with Crippen molar-refractivity contribution in [3.63, 3.8) is 0 Å². The fourth-order valence-corrected chi connectivity index (χ4v) is 2.24. The van der Waals surface area contributed by atoms with Crippen LogP contribution in [0.3, 0.4) is 0 Å². The average molecular weight is 292 g/mol. The number of benzene rings is 1. The lowest BCUT2D eigenvalue weighted by Crippen LogP contribution is -2.35. The van der Waals surface area contributed by atoms with E-state index in [9.17, 15) is 20.0 Å². The van der Waals surface area contributed by atoms with Crippen molar-refractivity contribution in [2.45, 2.75) is 6.42 Å². The second kappa shape index (κ2) is 6.36. The molecule has 1 aromatic carbocycles. The van der Waals surface area contributed by atoms with Gasteiger partial charge >= 0.3 is 0 Å². The predicted octanol–water partition coefficient (Wildman–Crippen LogP) is 1.72. The van der Waals surface area contributed by atoms with Crippen LogP contribution in [0, 0.1) is 10.1 Å². The van der Waals surface area contributed by atoms with E-state index in [0.29, 0.717) is 26.1 Å². The highest BCUT2D eigenvalue weighted by Gasteiger charge is 2.26. The zero-order chi connectivity index (χ0) is 15.4. The molecule has 0 aromatic heterocycles. The summed E-state index contributed by atoms with van der Waals surface area (Å²) in [7, 11) is 1.61. The lowest BCUT2D eigenvalue weighted by atomic mass is 10.1. The molecule has 0 bridgehead atoms. The highest BCUT2D eigenvalue weighted by molar-refractivity contribution is 5.98. The lowest BCUT2D eigenvalue weighted by Gasteiger charge is -2.26. The zero-order valence-corrected chi connectivity index (χ0v) is 11.6. The molecule has 7 heteroatoms. The number of nitrogens with zero attached hydrogens (tertiary/aromatic N) is 2. The van der Waals surface area contributed by atoms with Gasteiger partial charge in [0, 0.05) is 26.3 Å². The monoisotopic (exact) mass is 292 g/mol. The maximum absolute atomic E-state index is 12.4. The molecule has 0 saturated carbocycles. The molecule has 0 saturated heterocycles. The number of aromatic hydroxyl groups is 1. The Bertz CT molecular complexity index is 597. The van der Waals surface area contributed by atoms with E-state index in [1.165, 1.54) is 11.0 Å². The number of phenols is 1. The van der Waals surface area contributed by atoms with Crippen molar-refractivity contribution in [2.75, 3.05) is 26.8 Å². The molecular weight excluding hydrogens is 276 g/mol. The van der Waals surface area contributed by atoms with Crippen molar-refractivity contribution in [3.8, 4) is 5.75 Å². The van der Waals surface area contributed by atoms with Gasteiger partial charge in [-0.15, -0.1) is 0 Å². The molecule has 21 heavy (non-hydrogen) atoms. The molecule has 0 spiro atoms. The largest absolute Gasteiger partial charge is 0.508 e. The molecule has 0 atom stereocenters. The van der Waals surface area contributed by atoms with E-state index in [2.05, 4.69) is 0 Å². The van der Waals surface area contributed by atoms with Gasteiger partial charge in [0.15, 0.2) is 0 Å². The van der Waals surface area contributed by atoms with E-state index in [4.69, 9.17) is 4.74 Å². The van der Waals surface area contributed by atoms with Crippen molar-refractivity contribution in [1.29, 1.82) is 0 Å². The third-order valence-corrected chi connectivity index (χ3v) is 3.33. The van der Waals surface area contributed by atoms with Crippen LogP contribution in [0.15, 0.2) is 29.8 Å². The number of phenolic OH excluding ortho intramolecular Hbond substituents is 1. The van der Waals surface area contributed by atoms with Crippen LogP contribution >= 0.6 is 0 Å². The van der Waals surface area contributed by atoms with Crippen LogP contribution in [0.25, 0.3) is 0 Å². The molecule has 0 unspecified atom stereocenters. The van der Waals surface area contributed by atoms with Gasteiger partial charge in [-0.25, -0.2) is 0 Å². The molecule has 2 rings (SSSR count). The second-order valence-electron chi connectivity index (χ2n) is 4.76. The van der Waals surface area contributed by atoms with Crippen LogP contribution in [0.1, 0.15) is 16.8 Å². The molecular formula is C14H16N2O5. The summed E-state index contributed by atoms with van der Waals surface area (Å²) in [6.07, 6.45) is 2.56. The third-order valence-electron chi connectivity index (χ3n) is 3.33. The van der Waals surface area contributed by atoms with E-state index in [1.807, 2.05) is 6.08 Å². The van der Waals surface area contributed by atoms with Gasteiger partial charge in [0.25, 0.3) is 11.6 Å². The number of hydrogen-bond acceptors (Lipinski definition) is 5. The first-order valence-corrected chi connectivity index (χ1v) is 6.46. The van der Waals surface area contributed by atoms with E-state index in [0.717, 1.165) is 17.7 Å². The van der Waals surface area contributed by atoms with Crippen molar-refractivity contribution in [1.82, 2.24) is 4.90 Å². The van der Waals surface area contributed by atoms with Crippen LogP contribution in [-0.2, 0) is 4.74 Å². The fourth-order valence-electron chi connectivity index (χ4n) is 2.24. The third kappa shape index (κ3) is 3.38. The number of carbonyl (C=O) groups is 1. The second-order valence-corrected chi connectivity index (χ2v) is 4.76. The molecule has 112 valence electrons. The van der Waals surface area contributed by atoms with Gasteiger partial charge in [0.05, 0.1) is 11.5 Å². The van der Waals surface area contributed by atoms with E-state index in [1.54, 1.807) is 7.11 Å². The highest BCUT2D eigenvalue weighted by atomic mass is 16.6. The Labute approximate surface area is 121 Å². The fraction of sp³-hybridized carbons (Fsp3) is 0.357. The highest BCUT2D eigenvalue weighted by Crippen LogP contribution is 2.25. The maximum atomic E-state index is 12.4. The Balaban J connectivity index is 2.22. The summed E-state index contributed by atoms with van der Waals surface area (Å²) in [5.41, 5.74) is 0.708. The minimum atomic E-state index is -0.622. The summed E-state index contributed by atoms with van der Waals surface area (Å²) in [5.74, 6) is -0.623. The van der Waals surface area contributed by atoms with E-state index in [-0.39, 0.29) is 17.0 Å². The normalized spacial score (nSPS) is 14.7. The number of rotatable bonds is 4. The minimum Gasteiger partial charge on any atom is -0.508 e. The van der Waals surface area contributed by atoms with Gasteiger partial charge in [-0.3, -0.25) is 14.9 Å². The van der Waals surface area contributed by atoms with Crippen LogP contribution in [0.4, 0.5) is 5.69 Å². The van der Waals surface area contributed by atoms with E-state index < -0.39 is 10.8 Å². The molecule has 1 N–H and O–H groups in total. The van der Waals surface area contributed by atoms with Gasteiger partial charge in [0.2, 0.25) is 0 Å². The van der Waals surface area contributed by atoms with Gasteiger partial charge in [-0.05, 0) is 24.1 Å². The van der Waals surface area contributed by atoms with Crippen molar-refractivity contribution < 1.29 is 19.6 Å².